The maximum atomic E-state index is 13.2. The number of aromatic nitrogens is 3. The van der Waals surface area contributed by atoms with Crippen molar-refractivity contribution in [3.05, 3.63) is 86.9 Å². The van der Waals surface area contributed by atoms with Crippen molar-refractivity contribution in [2.24, 2.45) is 0 Å². The number of benzene rings is 2. The van der Waals surface area contributed by atoms with Gasteiger partial charge in [-0.05, 0) is 50.2 Å². The van der Waals surface area contributed by atoms with Crippen molar-refractivity contribution in [1.82, 2.24) is 14.1 Å². The molecule has 4 aromatic rings. The number of hydrogen-bond donors (Lipinski definition) is 0. The molecule has 0 saturated carbocycles. The Morgan fingerprint density at radius 2 is 1.88 bits per heavy atom. The average molecular weight is 482 g/mol. The molecule has 170 valence electrons. The molecule has 0 aliphatic heterocycles. The van der Waals surface area contributed by atoms with Crippen LogP contribution in [0.3, 0.4) is 0 Å². The molecule has 0 N–H and O–H groups in total. The second-order valence-electron chi connectivity index (χ2n) is 7.67. The van der Waals surface area contributed by atoms with Crippen LogP contribution in [-0.2, 0) is 11.3 Å². The maximum absolute atomic E-state index is 13.2. The van der Waals surface area contributed by atoms with Gasteiger partial charge in [0.2, 0.25) is 0 Å². The van der Waals surface area contributed by atoms with Gasteiger partial charge < -0.3 is 9.30 Å². The van der Waals surface area contributed by atoms with Crippen molar-refractivity contribution < 1.29 is 9.53 Å². The first-order valence-electron chi connectivity index (χ1n) is 10.5. The van der Waals surface area contributed by atoms with E-state index in [1.165, 1.54) is 11.8 Å². The number of Topliss-reactive ketones (excluding diaryl/α,β-unsaturated/α-hetero) is 1. The molecular weight excluding hydrogens is 458 g/mol. The highest BCUT2D eigenvalue weighted by atomic mass is 35.5. The van der Waals surface area contributed by atoms with Crippen LogP contribution in [-0.4, -0.2) is 39.4 Å². The van der Waals surface area contributed by atoms with E-state index < -0.39 is 0 Å². The van der Waals surface area contributed by atoms with E-state index in [9.17, 15) is 9.59 Å². The molecule has 0 atom stereocenters. The van der Waals surface area contributed by atoms with E-state index in [2.05, 4.69) is 9.55 Å². The number of thioether (sulfide) groups is 1. The number of rotatable bonds is 8. The monoisotopic (exact) mass is 481 g/mol. The topological polar surface area (TPSA) is 66.1 Å². The number of methoxy groups -OCH3 is 1. The van der Waals surface area contributed by atoms with Crippen molar-refractivity contribution in [3.63, 3.8) is 0 Å². The van der Waals surface area contributed by atoms with Crippen LogP contribution < -0.4 is 5.56 Å². The zero-order valence-corrected chi connectivity index (χ0v) is 20.2. The minimum atomic E-state index is -0.175. The van der Waals surface area contributed by atoms with Gasteiger partial charge in [-0.3, -0.25) is 14.2 Å². The van der Waals surface area contributed by atoms with Crippen LogP contribution in [0, 0.1) is 13.8 Å². The molecule has 0 bridgehead atoms. The highest BCUT2D eigenvalue weighted by molar-refractivity contribution is 7.99. The van der Waals surface area contributed by atoms with Crippen LogP contribution in [0.15, 0.2) is 64.5 Å². The number of aryl methyl sites for hydroxylation is 1. The Morgan fingerprint density at radius 1 is 1.12 bits per heavy atom. The summed E-state index contributed by atoms with van der Waals surface area (Å²) in [4.78, 5) is 30.9. The zero-order chi connectivity index (χ0) is 23.5. The number of carbonyl (C=O) groups excluding carboxylic acids is 1. The molecule has 2 heterocycles. The molecule has 0 fully saturated rings. The SMILES string of the molecule is COCCn1c(SCC(=O)c2cc(C)n(-c3ccccc3)c2C)nc2cc(Cl)ccc2c1=O. The molecule has 0 saturated heterocycles. The van der Waals surface area contributed by atoms with Crippen molar-refractivity contribution in [3.8, 4) is 5.69 Å². The lowest BCUT2D eigenvalue weighted by molar-refractivity contribution is 0.102. The predicted molar refractivity (Wildman–Crippen MR) is 133 cm³/mol. The van der Waals surface area contributed by atoms with Crippen LogP contribution in [0.1, 0.15) is 21.7 Å². The number of fused-ring (bicyclic) bond motifs is 1. The quantitative estimate of drug-likeness (QED) is 0.199. The van der Waals surface area contributed by atoms with Crippen LogP contribution in [0.2, 0.25) is 5.02 Å². The minimum absolute atomic E-state index is 0.0194. The van der Waals surface area contributed by atoms with E-state index >= 15 is 0 Å². The van der Waals surface area contributed by atoms with E-state index in [1.54, 1.807) is 29.9 Å². The highest BCUT2D eigenvalue weighted by Gasteiger charge is 2.19. The van der Waals surface area contributed by atoms with Crippen molar-refractivity contribution in [1.29, 1.82) is 0 Å². The normalized spacial score (nSPS) is 11.3. The molecule has 0 aliphatic carbocycles. The van der Waals surface area contributed by atoms with Gasteiger partial charge in [-0.15, -0.1) is 0 Å². The van der Waals surface area contributed by atoms with Crippen LogP contribution >= 0.6 is 23.4 Å². The van der Waals surface area contributed by atoms with E-state index in [0.717, 1.165) is 17.1 Å². The first-order chi connectivity index (χ1) is 15.9. The Kier molecular flexibility index (Phi) is 7.02. The fourth-order valence-electron chi connectivity index (χ4n) is 3.89. The summed E-state index contributed by atoms with van der Waals surface area (Å²) in [6, 6.07) is 16.9. The molecule has 8 heteroatoms. The first-order valence-corrected chi connectivity index (χ1v) is 11.9. The fourth-order valence-corrected chi connectivity index (χ4v) is 4.97. The molecule has 0 spiro atoms. The van der Waals surface area contributed by atoms with Gasteiger partial charge >= 0.3 is 0 Å². The van der Waals surface area contributed by atoms with Crippen LogP contribution in [0.4, 0.5) is 0 Å². The summed E-state index contributed by atoms with van der Waals surface area (Å²) < 4.78 is 8.80. The Morgan fingerprint density at radius 3 is 2.61 bits per heavy atom. The summed E-state index contributed by atoms with van der Waals surface area (Å²) in [5.74, 6) is 0.138. The predicted octanol–water partition coefficient (Wildman–Crippen LogP) is 5.08. The fraction of sp³-hybridized carbons (Fsp3) is 0.240. The lowest BCUT2D eigenvalue weighted by Gasteiger charge is -2.13. The molecule has 6 nitrogen and oxygen atoms in total. The molecule has 4 rings (SSSR count). The summed E-state index contributed by atoms with van der Waals surface area (Å²) >= 11 is 7.36. The van der Waals surface area contributed by atoms with Gasteiger partial charge in [0.05, 0.1) is 29.8 Å². The zero-order valence-electron chi connectivity index (χ0n) is 18.7. The second-order valence-corrected chi connectivity index (χ2v) is 9.05. The van der Waals surface area contributed by atoms with Gasteiger partial charge in [0.15, 0.2) is 10.9 Å². The van der Waals surface area contributed by atoms with E-state index in [4.69, 9.17) is 16.3 Å². The van der Waals surface area contributed by atoms with Gasteiger partial charge in [0, 0.05) is 34.8 Å². The number of carbonyl (C=O) groups is 1. The maximum Gasteiger partial charge on any atom is 0.262 e. The van der Waals surface area contributed by atoms with Gasteiger partial charge in [-0.25, -0.2) is 4.98 Å². The number of ketones is 1. The van der Waals surface area contributed by atoms with Gasteiger partial charge in [0.25, 0.3) is 5.56 Å². The summed E-state index contributed by atoms with van der Waals surface area (Å²) in [6.45, 7) is 4.64. The highest BCUT2D eigenvalue weighted by Crippen LogP contribution is 2.25. The van der Waals surface area contributed by atoms with Gasteiger partial charge in [0.1, 0.15) is 0 Å². The molecule has 0 aliphatic rings. The Bertz CT molecular complexity index is 1380. The molecular formula is C25H24ClN3O3S. The van der Waals surface area contributed by atoms with Gasteiger partial charge in [-0.2, -0.15) is 0 Å². The summed E-state index contributed by atoms with van der Waals surface area (Å²) in [5.41, 5.74) is 3.89. The Balaban J connectivity index is 1.65. The number of ether oxygens (including phenoxy) is 1. The largest absolute Gasteiger partial charge is 0.383 e. The number of para-hydroxylation sites is 1. The summed E-state index contributed by atoms with van der Waals surface area (Å²) in [5, 5.41) is 1.46. The number of hydrogen-bond acceptors (Lipinski definition) is 5. The molecule has 0 unspecified atom stereocenters. The minimum Gasteiger partial charge on any atom is -0.383 e. The summed E-state index contributed by atoms with van der Waals surface area (Å²) in [7, 11) is 1.58. The number of halogens is 1. The molecule has 2 aromatic heterocycles. The molecule has 2 aromatic carbocycles. The Hall–Kier alpha value is -2.87. The second kappa shape index (κ2) is 9.95. The summed E-state index contributed by atoms with van der Waals surface area (Å²) in [6.07, 6.45) is 0. The van der Waals surface area contributed by atoms with Crippen molar-refractivity contribution in [2.45, 2.75) is 25.5 Å². The van der Waals surface area contributed by atoms with E-state index in [0.29, 0.717) is 39.8 Å². The lowest BCUT2D eigenvalue weighted by Crippen LogP contribution is -2.25. The van der Waals surface area contributed by atoms with Crippen LogP contribution in [0.25, 0.3) is 16.6 Å². The Labute approximate surface area is 201 Å². The van der Waals surface area contributed by atoms with E-state index in [1.807, 2.05) is 50.2 Å². The third-order valence-corrected chi connectivity index (χ3v) is 6.69. The van der Waals surface area contributed by atoms with Crippen molar-refractivity contribution in [2.75, 3.05) is 19.5 Å². The lowest BCUT2D eigenvalue weighted by atomic mass is 10.2. The molecule has 0 radical (unpaired) electrons. The third kappa shape index (κ3) is 4.76. The van der Waals surface area contributed by atoms with Crippen molar-refractivity contribution >= 4 is 40.0 Å². The standard InChI is InChI=1S/C25H24ClN3O3S/c1-16-13-21(17(2)29(16)19-7-5-4-6-8-19)23(30)15-33-25-27-22-14-18(26)9-10-20(22)24(31)28(25)11-12-32-3/h4-10,13-14H,11-12,15H2,1-3H3. The van der Waals surface area contributed by atoms with E-state index in [-0.39, 0.29) is 17.1 Å². The van der Waals surface area contributed by atoms with Crippen LogP contribution in [0.5, 0.6) is 0 Å². The van der Waals surface area contributed by atoms with Gasteiger partial charge in [-0.1, -0.05) is 41.6 Å². The number of nitrogens with zero attached hydrogens (tertiary/aromatic N) is 3. The molecule has 0 amide bonds. The average Bonchev–Trinajstić information content (AvgIpc) is 3.11. The smallest absolute Gasteiger partial charge is 0.262 e. The molecule has 33 heavy (non-hydrogen) atoms. The first kappa shape index (κ1) is 23.3. The third-order valence-electron chi connectivity index (χ3n) is 5.48.